The van der Waals surface area contributed by atoms with Crippen LogP contribution in [-0.4, -0.2) is 33.5 Å². The predicted octanol–water partition coefficient (Wildman–Crippen LogP) is 3.53. The molecule has 0 unspecified atom stereocenters. The Morgan fingerprint density at radius 1 is 1.11 bits per heavy atom. The maximum Gasteiger partial charge on any atom is 0.0700 e. The number of nitrogens with one attached hydrogen (secondary N) is 1. The van der Waals surface area contributed by atoms with E-state index in [1.807, 2.05) is 0 Å². The molecule has 0 aliphatic carbocycles. The molecule has 0 aromatic heterocycles. The van der Waals surface area contributed by atoms with E-state index in [1.54, 1.807) is 7.11 Å². The molecule has 3 nitrogen and oxygen atoms in total. The zero-order valence-electron chi connectivity index (χ0n) is 11.4. The minimum absolute atomic E-state index is 0.665. The van der Waals surface area contributed by atoms with Crippen LogP contribution >= 0.6 is 15.9 Å². The summed E-state index contributed by atoms with van der Waals surface area (Å²) in [5.41, 5.74) is 3.69. The number of hydrogen-bond donors (Lipinski definition) is 1. The van der Waals surface area contributed by atoms with Crippen molar-refractivity contribution in [3.8, 4) is 0 Å². The molecule has 1 N–H and O–H groups in total. The monoisotopic (exact) mass is 315 g/mol. The van der Waals surface area contributed by atoms with Gasteiger partial charge < -0.3 is 14.8 Å². The molecule has 0 saturated heterocycles. The second-order valence-corrected chi connectivity index (χ2v) is 5.10. The molecule has 0 spiro atoms. The summed E-state index contributed by atoms with van der Waals surface area (Å²) >= 11 is 3.57. The van der Waals surface area contributed by atoms with Crippen molar-refractivity contribution >= 4 is 21.6 Å². The van der Waals surface area contributed by atoms with E-state index in [1.165, 1.54) is 21.3 Å². The fourth-order valence-corrected chi connectivity index (χ4v) is 1.93. The van der Waals surface area contributed by atoms with Gasteiger partial charge in [0.1, 0.15) is 0 Å². The van der Waals surface area contributed by atoms with Crippen LogP contribution in [0.4, 0.5) is 5.69 Å². The number of ether oxygens (including phenoxy) is 2. The van der Waals surface area contributed by atoms with E-state index in [2.05, 4.69) is 47.2 Å². The lowest BCUT2D eigenvalue weighted by Crippen LogP contribution is -2.08. The fraction of sp³-hybridized carbons (Fsp3) is 0.571. The van der Waals surface area contributed by atoms with E-state index >= 15 is 0 Å². The van der Waals surface area contributed by atoms with E-state index in [4.69, 9.17) is 9.47 Å². The van der Waals surface area contributed by atoms with Crippen LogP contribution in [0, 0.1) is 13.8 Å². The normalized spacial score (nSPS) is 10.7. The van der Waals surface area contributed by atoms with E-state index in [0.717, 1.165) is 19.6 Å². The van der Waals surface area contributed by atoms with Gasteiger partial charge in [-0.15, -0.1) is 0 Å². The maximum absolute atomic E-state index is 5.41. The Morgan fingerprint density at radius 3 is 2.39 bits per heavy atom. The van der Waals surface area contributed by atoms with Crippen LogP contribution in [0.1, 0.15) is 17.5 Å². The third-order valence-corrected chi connectivity index (χ3v) is 3.91. The second-order valence-electron chi connectivity index (χ2n) is 4.31. The molecule has 18 heavy (non-hydrogen) atoms. The summed E-state index contributed by atoms with van der Waals surface area (Å²) in [4.78, 5) is 0. The van der Waals surface area contributed by atoms with Crippen molar-refractivity contribution in [3.63, 3.8) is 0 Å². The first kappa shape index (κ1) is 15.5. The zero-order valence-corrected chi connectivity index (χ0v) is 13.0. The van der Waals surface area contributed by atoms with Crippen LogP contribution in [0.3, 0.4) is 0 Å². The minimum Gasteiger partial charge on any atom is -0.385 e. The highest BCUT2D eigenvalue weighted by molar-refractivity contribution is 9.10. The number of hydrogen-bond acceptors (Lipinski definition) is 3. The third kappa shape index (κ3) is 5.38. The van der Waals surface area contributed by atoms with Gasteiger partial charge in [0.2, 0.25) is 0 Å². The quantitative estimate of drug-likeness (QED) is 0.744. The van der Waals surface area contributed by atoms with Crippen molar-refractivity contribution in [2.75, 3.05) is 38.8 Å². The topological polar surface area (TPSA) is 30.5 Å². The Morgan fingerprint density at radius 2 is 1.78 bits per heavy atom. The molecule has 1 rings (SSSR count). The van der Waals surface area contributed by atoms with Crippen LogP contribution in [0.2, 0.25) is 0 Å². The number of halogens is 1. The van der Waals surface area contributed by atoms with Crippen LogP contribution in [0.25, 0.3) is 0 Å². The Labute approximate surface area is 118 Å². The first-order valence-electron chi connectivity index (χ1n) is 6.22. The summed E-state index contributed by atoms with van der Waals surface area (Å²) in [5.74, 6) is 0. The summed E-state index contributed by atoms with van der Waals surface area (Å²) in [6, 6.07) is 4.31. The van der Waals surface area contributed by atoms with Gasteiger partial charge in [-0.3, -0.25) is 0 Å². The van der Waals surface area contributed by atoms with Gasteiger partial charge in [0.15, 0.2) is 0 Å². The minimum atomic E-state index is 0.665. The summed E-state index contributed by atoms with van der Waals surface area (Å²) in [6.45, 7) is 7.25. The van der Waals surface area contributed by atoms with Crippen molar-refractivity contribution in [1.29, 1.82) is 0 Å². The van der Waals surface area contributed by atoms with Gasteiger partial charge in [-0.05, 0) is 43.5 Å². The summed E-state index contributed by atoms with van der Waals surface area (Å²) in [6.07, 6.45) is 0.998. The van der Waals surface area contributed by atoms with E-state index in [9.17, 15) is 0 Å². The average Bonchev–Trinajstić information content (AvgIpc) is 2.34. The second kappa shape index (κ2) is 8.51. The van der Waals surface area contributed by atoms with E-state index in [-0.39, 0.29) is 0 Å². The zero-order chi connectivity index (χ0) is 13.4. The highest BCUT2D eigenvalue weighted by Gasteiger charge is 2.01. The largest absolute Gasteiger partial charge is 0.385 e. The molecular formula is C14H22BrNO2. The SMILES string of the molecule is COCCOCCCNc1cc(C)c(Br)c(C)c1. The molecule has 0 aliphatic rings. The molecule has 0 aliphatic heterocycles. The molecule has 0 bridgehead atoms. The highest BCUT2D eigenvalue weighted by Crippen LogP contribution is 2.24. The van der Waals surface area contributed by atoms with Crippen LogP contribution in [-0.2, 0) is 9.47 Å². The lowest BCUT2D eigenvalue weighted by molar-refractivity contribution is 0.0705. The summed E-state index contributed by atoms with van der Waals surface area (Å²) < 4.78 is 11.5. The van der Waals surface area contributed by atoms with Crippen LogP contribution in [0.15, 0.2) is 16.6 Å². The Balaban J connectivity index is 2.23. The summed E-state index contributed by atoms with van der Waals surface area (Å²) in [5, 5.41) is 3.41. The van der Waals surface area contributed by atoms with Crippen molar-refractivity contribution in [3.05, 3.63) is 27.7 Å². The van der Waals surface area contributed by atoms with Gasteiger partial charge in [0.25, 0.3) is 0 Å². The maximum atomic E-state index is 5.41. The lowest BCUT2D eigenvalue weighted by atomic mass is 10.1. The van der Waals surface area contributed by atoms with Gasteiger partial charge in [0, 0.05) is 30.4 Å². The van der Waals surface area contributed by atoms with Gasteiger partial charge in [-0.1, -0.05) is 15.9 Å². The lowest BCUT2D eigenvalue weighted by Gasteiger charge is -2.10. The third-order valence-electron chi connectivity index (χ3n) is 2.66. The molecule has 0 amide bonds. The average molecular weight is 316 g/mol. The van der Waals surface area contributed by atoms with Gasteiger partial charge >= 0.3 is 0 Å². The molecule has 0 saturated carbocycles. The summed E-state index contributed by atoms with van der Waals surface area (Å²) in [7, 11) is 1.68. The molecule has 0 heterocycles. The molecule has 1 aromatic rings. The highest BCUT2D eigenvalue weighted by atomic mass is 79.9. The molecule has 0 fully saturated rings. The number of benzene rings is 1. The molecule has 0 atom stereocenters. The standard InChI is InChI=1S/C14H22BrNO2/c1-11-9-13(10-12(2)14(11)15)16-5-4-6-18-8-7-17-3/h9-10,16H,4-8H2,1-3H3. The van der Waals surface area contributed by atoms with E-state index < -0.39 is 0 Å². The Bertz CT molecular complexity index is 346. The number of methoxy groups -OCH3 is 1. The van der Waals surface area contributed by atoms with Gasteiger partial charge in [-0.25, -0.2) is 0 Å². The molecular weight excluding hydrogens is 294 g/mol. The van der Waals surface area contributed by atoms with Crippen molar-refractivity contribution in [2.45, 2.75) is 20.3 Å². The van der Waals surface area contributed by atoms with Crippen LogP contribution < -0.4 is 5.32 Å². The number of rotatable bonds is 8. The number of anilines is 1. The van der Waals surface area contributed by atoms with Crippen LogP contribution in [0.5, 0.6) is 0 Å². The molecule has 4 heteroatoms. The molecule has 1 aromatic carbocycles. The first-order valence-corrected chi connectivity index (χ1v) is 7.01. The van der Waals surface area contributed by atoms with Crippen molar-refractivity contribution in [1.82, 2.24) is 0 Å². The van der Waals surface area contributed by atoms with Crippen molar-refractivity contribution in [2.24, 2.45) is 0 Å². The predicted molar refractivity (Wildman–Crippen MR) is 79.4 cm³/mol. The van der Waals surface area contributed by atoms with Crippen molar-refractivity contribution < 1.29 is 9.47 Å². The Hall–Kier alpha value is -0.580. The molecule has 102 valence electrons. The first-order chi connectivity index (χ1) is 8.65. The van der Waals surface area contributed by atoms with E-state index in [0.29, 0.717) is 13.2 Å². The Kier molecular flexibility index (Phi) is 7.32. The van der Waals surface area contributed by atoms with Gasteiger partial charge in [-0.2, -0.15) is 0 Å². The fourth-order valence-electron chi connectivity index (χ4n) is 1.70. The smallest absolute Gasteiger partial charge is 0.0700 e. The van der Waals surface area contributed by atoms with Gasteiger partial charge in [0.05, 0.1) is 13.2 Å². The number of aryl methyl sites for hydroxylation is 2. The molecule has 0 radical (unpaired) electrons.